The molecule has 0 N–H and O–H groups in total. The molecule has 0 heterocycles. The molecule has 1 unspecified atom stereocenters. The van der Waals surface area contributed by atoms with E-state index >= 15 is 0 Å². The quantitative estimate of drug-likeness (QED) is 0.729. The lowest BCUT2D eigenvalue weighted by Crippen LogP contribution is -2.04. The minimum absolute atomic E-state index is 0.586. The Morgan fingerprint density at radius 3 is 2.00 bits per heavy atom. The number of benzene rings is 2. The van der Waals surface area contributed by atoms with Crippen molar-refractivity contribution >= 4 is 12.4 Å². The number of hydrogen-bond donors (Lipinski definition) is 0. The molecule has 0 aliphatic rings. The molecule has 98 valence electrons. The van der Waals surface area contributed by atoms with Crippen LogP contribution in [0.3, 0.4) is 0 Å². The van der Waals surface area contributed by atoms with Gasteiger partial charge in [-0.25, -0.2) is 0 Å². The van der Waals surface area contributed by atoms with Gasteiger partial charge in [0.1, 0.15) is 7.14 Å². The molecule has 2 heteroatoms. The van der Waals surface area contributed by atoms with Gasteiger partial charge in [0.2, 0.25) is 0 Å². The molecule has 0 fully saturated rings. The fourth-order valence-corrected chi connectivity index (χ4v) is 4.85. The van der Waals surface area contributed by atoms with Gasteiger partial charge in [-0.15, -0.1) is 0 Å². The van der Waals surface area contributed by atoms with Gasteiger partial charge < -0.3 is 4.57 Å². The molecular weight excluding hydrogens is 251 g/mol. The summed E-state index contributed by atoms with van der Waals surface area (Å²) < 4.78 is 13.3. The summed E-state index contributed by atoms with van der Waals surface area (Å²) in [5, 5.41) is 0.931. The second-order valence-electron chi connectivity index (χ2n) is 4.98. The summed E-state index contributed by atoms with van der Waals surface area (Å²) in [5.41, 5.74) is 2.22. The van der Waals surface area contributed by atoms with Crippen LogP contribution in [-0.4, -0.2) is 0 Å². The van der Waals surface area contributed by atoms with E-state index in [2.05, 4.69) is 0 Å². The molecule has 0 saturated carbocycles. The van der Waals surface area contributed by atoms with Crippen LogP contribution in [0.25, 0.3) is 0 Å². The smallest absolute Gasteiger partial charge is 0.140 e. The number of hydrogen-bond acceptors (Lipinski definition) is 1. The van der Waals surface area contributed by atoms with E-state index in [9.17, 15) is 4.57 Å². The van der Waals surface area contributed by atoms with Crippen molar-refractivity contribution < 1.29 is 4.57 Å². The lowest BCUT2D eigenvalue weighted by Gasteiger charge is -2.16. The van der Waals surface area contributed by atoms with Crippen LogP contribution in [0, 0.1) is 0 Å². The van der Waals surface area contributed by atoms with Crippen molar-refractivity contribution in [2.75, 3.05) is 0 Å². The Balaban J connectivity index is 2.42. The fourth-order valence-electron chi connectivity index (χ4n) is 2.16. The molecule has 1 atom stereocenters. The minimum atomic E-state index is -2.51. The zero-order valence-corrected chi connectivity index (χ0v) is 12.3. The summed E-state index contributed by atoms with van der Waals surface area (Å²) >= 11 is 0. The Hall–Kier alpha value is -1.59. The maximum atomic E-state index is 13.3. The van der Waals surface area contributed by atoms with Crippen molar-refractivity contribution in [2.24, 2.45) is 0 Å². The summed E-state index contributed by atoms with van der Waals surface area (Å²) in [6.45, 7) is 4.00. The van der Waals surface area contributed by atoms with Gasteiger partial charge in [0.25, 0.3) is 0 Å². The van der Waals surface area contributed by atoms with Gasteiger partial charge in [0, 0.05) is 11.5 Å². The predicted molar refractivity (Wildman–Crippen MR) is 83.3 cm³/mol. The third-order valence-corrected chi connectivity index (χ3v) is 5.86. The monoisotopic (exact) mass is 270 g/mol. The normalized spacial score (nSPS) is 13.6. The first-order valence-corrected chi connectivity index (χ1v) is 8.41. The molecule has 0 amide bonds. The van der Waals surface area contributed by atoms with Crippen LogP contribution in [0.2, 0.25) is 0 Å². The predicted octanol–water partition coefficient (Wildman–Crippen LogP) is 4.80. The highest BCUT2D eigenvalue weighted by molar-refractivity contribution is 7.73. The van der Waals surface area contributed by atoms with Gasteiger partial charge in [-0.1, -0.05) is 66.2 Å². The highest BCUT2D eigenvalue weighted by atomic mass is 31.2. The molecule has 0 radical (unpaired) electrons. The zero-order chi connectivity index (χ0) is 13.7. The van der Waals surface area contributed by atoms with E-state index < -0.39 is 7.14 Å². The molecule has 0 saturated heterocycles. The summed E-state index contributed by atoms with van der Waals surface area (Å²) in [5.74, 6) is 1.94. The largest absolute Gasteiger partial charge is 0.314 e. The summed E-state index contributed by atoms with van der Waals surface area (Å²) in [7, 11) is -2.51. The van der Waals surface area contributed by atoms with Gasteiger partial charge in [-0.2, -0.15) is 0 Å². The molecule has 0 spiro atoms. The third-order valence-electron chi connectivity index (χ3n) is 2.92. The van der Waals surface area contributed by atoms with Crippen molar-refractivity contribution in [1.29, 1.82) is 0 Å². The molecule has 1 nitrogen and oxygen atoms in total. The molecular formula is C17H19OP. The standard InChI is InChI=1S/C17H19OP/c1-15(2)13-19(18,17-11-7-4-8-12-17)14-16-9-5-3-6-10-16/h3-13H,14H2,1-2H3. The summed E-state index contributed by atoms with van der Waals surface area (Å²) in [6, 6.07) is 19.8. The van der Waals surface area contributed by atoms with Gasteiger partial charge >= 0.3 is 0 Å². The molecule has 2 aromatic carbocycles. The first kappa shape index (κ1) is 13.8. The Labute approximate surface area is 115 Å². The van der Waals surface area contributed by atoms with Crippen molar-refractivity contribution in [3.05, 3.63) is 77.6 Å². The van der Waals surface area contributed by atoms with E-state index in [1.54, 1.807) is 0 Å². The SMILES string of the molecule is CC(C)=CP(=O)(Cc1ccccc1)c1ccccc1. The van der Waals surface area contributed by atoms with Crippen LogP contribution in [0.5, 0.6) is 0 Å². The van der Waals surface area contributed by atoms with E-state index in [0.29, 0.717) is 6.16 Å². The Morgan fingerprint density at radius 1 is 0.947 bits per heavy atom. The lowest BCUT2D eigenvalue weighted by atomic mass is 10.2. The van der Waals surface area contributed by atoms with E-state index in [4.69, 9.17) is 0 Å². The first-order valence-electron chi connectivity index (χ1n) is 6.44. The van der Waals surface area contributed by atoms with Gasteiger partial charge in [0.05, 0.1) is 0 Å². The molecule has 2 rings (SSSR count). The Bertz CT molecular complexity index is 596. The highest BCUT2D eigenvalue weighted by Crippen LogP contribution is 2.50. The number of rotatable bonds is 4. The average molecular weight is 270 g/mol. The second kappa shape index (κ2) is 6.04. The van der Waals surface area contributed by atoms with E-state index in [0.717, 1.165) is 16.4 Å². The van der Waals surface area contributed by atoms with Crippen LogP contribution in [0.1, 0.15) is 19.4 Å². The fraction of sp³-hybridized carbons (Fsp3) is 0.176. The van der Waals surface area contributed by atoms with Crippen LogP contribution in [0.15, 0.2) is 72.1 Å². The lowest BCUT2D eigenvalue weighted by molar-refractivity contribution is 0.586. The van der Waals surface area contributed by atoms with Crippen molar-refractivity contribution in [3.8, 4) is 0 Å². The van der Waals surface area contributed by atoms with Crippen LogP contribution in [0.4, 0.5) is 0 Å². The summed E-state index contributed by atoms with van der Waals surface area (Å²) in [4.78, 5) is 0. The molecule has 0 aromatic heterocycles. The highest BCUT2D eigenvalue weighted by Gasteiger charge is 2.22. The van der Waals surface area contributed by atoms with Gasteiger partial charge in [-0.3, -0.25) is 0 Å². The van der Waals surface area contributed by atoms with Crippen LogP contribution in [-0.2, 0) is 10.7 Å². The Kier molecular flexibility index (Phi) is 4.39. The summed E-state index contributed by atoms with van der Waals surface area (Å²) in [6.07, 6.45) is 0.586. The van der Waals surface area contributed by atoms with Gasteiger partial charge in [0.15, 0.2) is 0 Å². The Morgan fingerprint density at radius 2 is 1.47 bits per heavy atom. The molecule has 0 bridgehead atoms. The molecule has 0 aliphatic heterocycles. The minimum Gasteiger partial charge on any atom is -0.314 e. The topological polar surface area (TPSA) is 17.1 Å². The zero-order valence-electron chi connectivity index (χ0n) is 11.4. The average Bonchev–Trinajstić information content (AvgIpc) is 2.40. The first-order chi connectivity index (χ1) is 9.10. The van der Waals surface area contributed by atoms with E-state index in [-0.39, 0.29) is 0 Å². The van der Waals surface area contributed by atoms with E-state index in [1.165, 1.54) is 0 Å². The van der Waals surface area contributed by atoms with Crippen LogP contribution < -0.4 is 5.30 Å². The van der Waals surface area contributed by atoms with Gasteiger partial charge in [-0.05, 0) is 25.2 Å². The maximum Gasteiger partial charge on any atom is 0.140 e. The maximum absolute atomic E-state index is 13.3. The van der Waals surface area contributed by atoms with Crippen molar-refractivity contribution in [1.82, 2.24) is 0 Å². The van der Waals surface area contributed by atoms with Crippen molar-refractivity contribution in [3.63, 3.8) is 0 Å². The molecule has 0 aliphatic carbocycles. The third kappa shape index (κ3) is 3.68. The molecule has 2 aromatic rings. The second-order valence-corrected chi connectivity index (χ2v) is 7.66. The molecule has 19 heavy (non-hydrogen) atoms. The van der Waals surface area contributed by atoms with E-state index in [1.807, 2.05) is 80.3 Å². The van der Waals surface area contributed by atoms with Crippen LogP contribution >= 0.6 is 7.14 Å². The number of allylic oxidation sites excluding steroid dienone is 1. The van der Waals surface area contributed by atoms with Crippen molar-refractivity contribution in [2.45, 2.75) is 20.0 Å².